The first-order valence-corrected chi connectivity index (χ1v) is 24.4. The number of hydrogen-bond donors (Lipinski definition) is 0. The monoisotopic (exact) mass is 1010 g/mol. The Morgan fingerprint density at radius 3 is 0.962 bits per heavy atom. The molecule has 8 nitrogen and oxygen atoms in total. The standard InChI is InChI=1S/C67H33F3N8/c68-67(69,70)55-26-44(38-75)25-53(27-55)60-33-61(77-62-28-49(45-9-1-5-40(21-45)34-71)13-17-56(62)57-18-14-50(29-63(57)77)46-10-2-6-41(22-46)35-72)54(39-76)32-66(60)78-64-30-51(47-11-3-7-42(23-47)36-73)15-19-58(64)59-20-16-52(31-65(59)78)48-12-4-8-43(24-48)37-74/h1-33H. The van der Waals surface area contributed by atoms with E-state index in [1.807, 2.05) is 112 Å². The Kier molecular flexibility index (Phi) is 11.4. The Morgan fingerprint density at radius 1 is 0.295 bits per heavy atom. The smallest absolute Gasteiger partial charge is 0.309 e. The SMILES string of the molecule is N#Cc1cccc(-c2ccc3c4ccc(-c5cccc(C#N)c5)cc4n(-c4cc(-c5cc(C#N)cc(C(F)(F)F)c5)c(-n5c6cc(-c7cccc(C#N)c7)ccc6c6ccc(-c7cccc(C#N)c7)cc65)cc4C#N)c3c2)c1. The molecule has 12 aromatic rings. The molecule has 78 heavy (non-hydrogen) atoms. The van der Waals surface area contributed by atoms with Crippen molar-refractivity contribution in [2.24, 2.45) is 0 Å². The molecule has 2 heterocycles. The predicted molar refractivity (Wildman–Crippen MR) is 296 cm³/mol. The van der Waals surface area contributed by atoms with Crippen LogP contribution in [0.3, 0.4) is 0 Å². The average molecular weight is 1010 g/mol. The molecule has 0 radical (unpaired) electrons. The van der Waals surface area contributed by atoms with Gasteiger partial charge in [0.1, 0.15) is 6.07 Å². The van der Waals surface area contributed by atoms with Crippen molar-refractivity contribution in [3.05, 3.63) is 239 Å². The van der Waals surface area contributed by atoms with Crippen LogP contribution in [0.4, 0.5) is 13.2 Å². The van der Waals surface area contributed by atoms with Gasteiger partial charge >= 0.3 is 6.18 Å². The van der Waals surface area contributed by atoms with E-state index in [9.17, 15) is 31.6 Å². The van der Waals surface area contributed by atoms with E-state index in [4.69, 9.17) is 0 Å². The van der Waals surface area contributed by atoms with E-state index in [-0.39, 0.29) is 22.3 Å². The molecule has 10 aromatic carbocycles. The highest BCUT2D eigenvalue weighted by Crippen LogP contribution is 2.45. The largest absolute Gasteiger partial charge is 0.416 e. The lowest BCUT2D eigenvalue weighted by Gasteiger charge is -2.20. The van der Waals surface area contributed by atoms with Crippen molar-refractivity contribution in [3.63, 3.8) is 0 Å². The van der Waals surface area contributed by atoms with Gasteiger partial charge in [0, 0.05) is 27.1 Å². The van der Waals surface area contributed by atoms with E-state index in [2.05, 4.69) is 30.3 Å². The Hall–Kier alpha value is -11.5. The molecule has 362 valence electrons. The van der Waals surface area contributed by atoms with Crippen molar-refractivity contribution in [2.75, 3.05) is 0 Å². The van der Waals surface area contributed by atoms with Gasteiger partial charge in [-0.3, -0.25) is 0 Å². The van der Waals surface area contributed by atoms with Crippen molar-refractivity contribution in [3.8, 4) is 103 Å². The summed E-state index contributed by atoms with van der Waals surface area (Å²) in [5.41, 5.74) is 10.2. The van der Waals surface area contributed by atoms with Crippen molar-refractivity contribution in [1.82, 2.24) is 9.13 Å². The zero-order chi connectivity index (χ0) is 53.8. The van der Waals surface area contributed by atoms with Gasteiger partial charge in [0.2, 0.25) is 0 Å². The average Bonchev–Trinajstić information content (AvgIpc) is 4.06. The van der Waals surface area contributed by atoms with Gasteiger partial charge in [-0.25, -0.2) is 0 Å². The molecule has 12 rings (SSSR count). The fourth-order valence-corrected chi connectivity index (χ4v) is 10.6. The molecule has 0 N–H and O–H groups in total. The van der Waals surface area contributed by atoms with Crippen LogP contribution in [0.2, 0.25) is 0 Å². The Labute approximate surface area is 444 Å². The topological polar surface area (TPSA) is 153 Å². The van der Waals surface area contributed by atoms with Gasteiger partial charge in [0.25, 0.3) is 0 Å². The number of benzene rings is 10. The van der Waals surface area contributed by atoms with Gasteiger partial charge in [-0.1, -0.05) is 97.1 Å². The third-order valence-electron chi connectivity index (χ3n) is 14.3. The fraction of sp³-hybridized carbons (Fsp3) is 0.0149. The highest BCUT2D eigenvalue weighted by molar-refractivity contribution is 6.13. The zero-order valence-electron chi connectivity index (χ0n) is 40.8. The molecule has 0 aliphatic carbocycles. The molecule has 0 fully saturated rings. The summed E-state index contributed by atoms with van der Waals surface area (Å²) in [5, 5.41) is 64.6. The summed E-state index contributed by atoms with van der Waals surface area (Å²) in [6.07, 6.45) is -4.85. The van der Waals surface area contributed by atoms with Gasteiger partial charge in [-0.05, 0) is 153 Å². The summed E-state index contributed by atoms with van der Waals surface area (Å²) >= 11 is 0. The second kappa shape index (κ2) is 18.8. The van der Waals surface area contributed by atoms with Gasteiger partial charge in [0.05, 0.1) is 103 Å². The van der Waals surface area contributed by atoms with Crippen LogP contribution in [0.5, 0.6) is 0 Å². The minimum atomic E-state index is -4.85. The number of fused-ring (bicyclic) bond motifs is 6. The molecule has 0 aliphatic heterocycles. The summed E-state index contributed by atoms with van der Waals surface area (Å²) in [5.74, 6) is 0. The normalized spacial score (nSPS) is 11.2. The number of aromatic nitrogens is 2. The molecule has 0 amide bonds. The maximum Gasteiger partial charge on any atom is 0.416 e. The third kappa shape index (κ3) is 8.17. The van der Waals surface area contributed by atoms with E-state index < -0.39 is 11.7 Å². The first-order chi connectivity index (χ1) is 38.0. The van der Waals surface area contributed by atoms with Crippen LogP contribution < -0.4 is 0 Å². The highest BCUT2D eigenvalue weighted by Gasteiger charge is 2.32. The summed E-state index contributed by atoms with van der Waals surface area (Å²) in [4.78, 5) is 0. The second-order valence-corrected chi connectivity index (χ2v) is 18.8. The summed E-state index contributed by atoms with van der Waals surface area (Å²) in [6, 6.07) is 72.1. The Balaban J connectivity index is 1.23. The van der Waals surface area contributed by atoms with Crippen LogP contribution in [0, 0.1) is 68.0 Å². The van der Waals surface area contributed by atoms with Crippen LogP contribution in [0.1, 0.15) is 38.9 Å². The van der Waals surface area contributed by atoms with Crippen molar-refractivity contribution < 1.29 is 13.2 Å². The lowest BCUT2D eigenvalue weighted by Crippen LogP contribution is -2.07. The quantitative estimate of drug-likeness (QED) is 0.155. The van der Waals surface area contributed by atoms with Crippen molar-refractivity contribution >= 4 is 43.6 Å². The molecule has 0 saturated heterocycles. The molecule has 0 saturated carbocycles. The van der Waals surface area contributed by atoms with Gasteiger partial charge < -0.3 is 9.13 Å². The molecular formula is C67H33F3N8. The third-order valence-corrected chi connectivity index (χ3v) is 14.3. The lowest BCUT2D eigenvalue weighted by atomic mass is 9.95. The van der Waals surface area contributed by atoms with E-state index >= 15 is 13.2 Å². The highest BCUT2D eigenvalue weighted by atomic mass is 19.4. The van der Waals surface area contributed by atoms with Gasteiger partial charge in [-0.15, -0.1) is 0 Å². The second-order valence-electron chi connectivity index (χ2n) is 18.8. The number of hydrogen-bond acceptors (Lipinski definition) is 6. The summed E-state index contributed by atoms with van der Waals surface area (Å²) in [7, 11) is 0. The minimum absolute atomic E-state index is 0.0525. The molecule has 0 aliphatic rings. The molecule has 0 atom stereocenters. The van der Waals surface area contributed by atoms with E-state index in [1.54, 1.807) is 84.9 Å². The maximum atomic E-state index is 15.1. The summed E-state index contributed by atoms with van der Waals surface area (Å²) < 4.78 is 49.1. The molecule has 2 aromatic heterocycles. The number of halogens is 3. The molecule has 11 heteroatoms. The molecule has 0 spiro atoms. The molecule has 0 unspecified atom stereocenters. The van der Waals surface area contributed by atoms with Crippen LogP contribution in [-0.2, 0) is 6.18 Å². The van der Waals surface area contributed by atoms with Crippen LogP contribution in [0.25, 0.3) is 111 Å². The minimum Gasteiger partial charge on any atom is -0.309 e. The van der Waals surface area contributed by atoms with Crippen molar-refractivity contribution in [1.29, 1.82) is 31.6 Å². The molecule has 0 bridgehead atoms. The van der Waals surface area contributed by atoms with Crippen LogP contribution in [0.15, 0.2) is 200 Å². The van der Waals surface area contributed by atoms with Gasteiger partial charge in [0.15, 0.2) is 0 Å². The first-order valence-electron chi connectivity index (χ1n) is 24.4. The zero-order valence-corrected chi connectivity index (χ0v) is 40.8. The summed E-state index contributed by atoms with van der Waals surface area (Å²) in [6.45, 7) is 0. The van der Waals surface area contributed by atoms with Crippen LogP contribution in [-0.4, -0.2) is 9.13 Å². The van der Waals surface area contributed by atoms with E-state index in [0.717, 1.165) is 78.2 Å². The van der Waals surface area contributed by atoms with Crippen LogP contribution >= 0.6 is 0 Å². The lowest BCUT2D eigenvalue weighted by molar-refractivity contribution is -0.137. The predicted octanol–water partition coefficient (Wildman–Crippen LogP) is 16.5. The van der Waals surface area contributed by atoms with E-state index in [0.29, 0.717) is 55.7 Å². The number of nitrogens with zero attached hydrogens (tertiary/aromatic N) is 8. The first kappa shape index (κ1) is 47.5. The molecular weight excluding hydrogens is 974 g/mol. The number of rotatable bonds is 7. The number of alkyl halides is 3. The maximum absolute atomic E-state index is 15.1. The number of nitriles is 6. The van der Waals surface area contributed by atoms with Gasteiger partial charge in [-0.2, -0.15) is 44.7 Å². The Bertz CT molecular complexity index is 4590. The Morgan fingerprint density at radius 2 is 0.628 bits per heavy atom. The van der Waals surface area contributed by atoms with E-state index in [1.165, 1.54) is 6.07 Å². The fourth-order valence-electron chi connectivity index (χ4n) is 10.6. The van der Waals surface area contributed by atoms with Crippen molar-refractivity contribution in [2.45, 2.75) is 6.18 Å².